The molecule has 154 valence electrons. The highest BCUT2D eigenvalue weighted by atomic mass is 35.5. The first-order valence-corrected chi connectivity index (χ1v) is 9.81. The number of H-pyrrole nitrogens is 1. The largest absolute Gasteiger partial charge is 0.460 e. The Balaban J connectivity index is 1.89. The van der Waals surface area contributed by atoms with Crippen molar-refractivity contribution < 1.29 is 14.3 Å². The van der Waals surface area contributed by atoms with Crippen molar-refractivity contribution in [2.45, 2.75) is 19.4 Å². The lowest BCUT2D eigenvalue weighted by Crippen LogP contribution is -2.43. The number of amides is 1. The van der Waals surface area contributed by atoms with E-state index in [1.54, 1.807) is 42.5 Å². The smallest absolute Gasteiger partial charge is 0.329 e. The normalized spacial score (nSPS) is 12.1. The minimum absolute atomic E-state index is 0.0960. The number of hydrogen-bond acceptors (Lipinski definition) is 4. The third kappa shape index (κ3) is 5.36. The lowest BCUT2D eigenvalue weighted by Gasteiger charge is -2.18. The topological polar surface area (TPSA) is 88.3 Å². The molecule has 2 N–H and O–H groups in total. The maximum Gasteiger partial charge on any atom is 0.329 e. The van der Waals surface area contributed by atoms with E-state index < -0.39 is 17.9 Å². The molecule has 2 aromatic carbocycles. The second-order valence-corrected chi connectivity index (χ2v) is 7.08. The molecule has 7 heteroatoms. The molecule has 1 unspecified atom stereocenters. The van der Waals surface area contributed by atoms with Gasteiger partial charge in [0.1, 0.15) is 12.6 Å². The van der Waals surface area contributed by atoms with Crippen LogP contribution in [-0.2, 0) is 16.0 Å². The zero-order valence-corrected chi connectivity index (χ0v) is 17.1. The summed E-state index contributed by atoms with van der Waals surface area (Å²) < 4.78 is 5.27. The van der Waals surface area contributed by atoms with Crippen LogP contribution in [0.25, 0.3) is 10.9 Å². The summed E-state index contributed by atoms with van der Waals surface area (Å²) in [7, 11) is 0. The number of rotatable bonds is 7. The van der Waals surface area contributed by atoms with Crippen LogP contribution < -0.4 is 10.9 Å². The van der Waals surface area contributed by atoms with E-state index in [0.717, 1.165) is 5.39 Å². The number of allylic oxidation sites excluding steroid dienone is 1. The fourth-order valence-corrected chi connectivity index (χ4v) is 3.15. The molecule has 0 aliphatic rings. The Hall–Kier alpha value is -3.38. The molecule has 0 aliphatic carbocycles. The average molecular weight is 425 g/mol. The van der Waals surface area contributed by atoms with Gasteiger partial charge in [0.25, 0.3) is 5.91 Å². The Morgan fingerprint density at radius 3 is 2.63 bits per heavy atom. The average Bonchev–Trinajstić information content (AvgIpc) is 2.73. The molecule has 1 aromatic heterocycles. The molecule has 1 atom stereocenters. The number of halogens is 1. The second kappa shape index (κ2) is 9.89. The molecule has 1 heterocycles. The van der Waals surface area contributed by atoms with E-state index >= 15 is 0 Å². The maximum atomic E-state index is 12.7. The highest BCUT2D eigenvalue weighted by Gasteiger charge is 2.24. The number of nitrogens with one attached hydrogen (secondary N) is 2. The fraction of sp³-hybridized carbons (Fsp3) is 0.174. The third-order valence-electron chi connectivity index (χ3n) is 4.51. The van der Waals surface area contributed by atoms with Crippen LogP contribution in [0.4, 0.5) is 0 Å². The van der Waals surface area contributed by atoms with Crippen molar-refractivity contribution in [1.29, 1.82) is 0 Å². The molecule has 0 spiro atoms. The highest BCUT2D eigenvalue weighted by molar-refractivity contribution is 6.30. The number of ether oxygens (including phenoxy) is 1. The molecule has 3 aromatic rings. The zero-order valence-electron chi connectivity index (χ0n) is 16.4. The van der Waals surface area contributed by atoms with Crippen LogP contribution in [0, 0.1) is 0 Å². The minimum atomic E-state index is -0.969. The van der Waals surface area contributed by atoms with Crippen LogP contribution in [0.3, 0.4) is 0 Å². The van der Waals surface area contributed by atoms with Gasteiger partial charge in [-0.15, -0.1) is 0 Å². The van der Waals surface area contributed by atoms with Gasteiger partial charge >= 0.3 is 5.97 Å². The predicted octanol–water partition coefficient (Wildman–Crippen LogP) is 3.64. The van der Waals surface area contributed by atoms with E-state index in [9.17, 15) is 14.4 Å². The molecule has 0 saturated heterocycles. The molecule has 0 bridgehead atoms. The number of aromatic amines is 1. The van der Waals surface area contributed by atoms with Gasteiger partial charge in [0.2, 0.25) is 5.56 Å². The first kappa shape index (κ1) is 21.3. The molecular formula is C23H21ClN2O4. The Labute approximate surface area is 178 Å². The van der Waals surface area contributed by atoms with Gasteiger partial charge in [-0.3, -0.25) is 9.59 Å². The third-order valence-corrected chi connectivity index (χ3v) is 4.77. The van der Waals surface area contributed by atoms with Crippen LogP contribution in [0.2, 0.25) is 5.02 Å². The number of benzene rings is 2. The summed E-state index contributed by atoms with van der Waals surface area (Å²) in [5, 5.41) is 4.02. The number of para-hydroxylation sites is 1. The Morgan fingerprint density at radius 1 is 1.17 bits per heavy atom. The van der Waals surface area contributed by atoms with Crippen molar-refractivity contribution in [2.24, 2.45) is 0 Å². The minimum Gasteiger partial charge on any atom is -0.460 e. The molecule has 6 nitrogen and oxygen atoms in total. The molecule has 1 amide bonds. The van der Waals surface area contributed by atoms with Gasteiger partial charge in [-0.25, -0.2) is 4.79 Å². The summed E-state index contributed by atoms with van der Waals surface area (Å²) in [4.78, 5) is 40.2. The second-order valence-electron chi connectivity index (χ2n) is 6.64. The first-order valence-electron chi connectivity index (χ1n) is 9.43. The van der Waals surface area contributed by atoms with Crippen molar-refractivity contribution >= 4 is 34.4 Å². The van der Waals surface area contributed by atoms with E-state index in [4.69, 9.17) is 16.3 Å². The van der Waals surface area contributed by atoms with Gasteiger partial charge in [0, 0.05) is 34.0 Å². The van der Waals surface area contributed by atoms with Crippen molar-refractivity contribution in [2.75, 3.05) is 6.61 Å². The standard InChI is InChI=1S/C23H21ClN2O4/c1-2-3-12-30-23(29)20(26-22(28)15-8-10-17(24)11-9-15)13-16-14-21(27)25-19-7-5-4-6-18(16)19/h2-11,14,20H,12-13H2,1H3,(H,25,27)(H,26,28)/b3-2+. The summed E-state index contributed by atoms with van der Waals surface area (Å²) in [6.07, 6.45) is 3.57. The Bertz CT molecular complexity index is 1140. The number of fused-ring (bicyclic) bond motifs is 1. The number of carbonyl (C=O) groups is 2. The van der Waals surface area contributed by atoms with Crippen molar-refractivity contribution in [3.8, 4) is 0 Å². The van der Waals surface area contributed by atoms with Gasteiger partial charge in [-0.05, 0) is 42.8 Å². The molecule has 0 saturated carbocycles. The lowest BCUT2D eigenvalue weighted by atomic mass is 10.0. The van der Waals surface area contributed by atoms with E-state index in [1.807, 2.05) is 25.1 Å². The SMILES string of the molecule is C/C=C/COC(=O)C(Cc1cc(=O)[nH]c2ccccc12)NC(=O)c1ccc(Cl)cc1. The lowest BCUT2D eigenvalue weighted by molar-refractivity contribution is -0.144. The van der Waals surface area contributed by atoms with Gasteiger partial charge in [0.05, 0.1) is 0 Å². The Kier molecular flexibility index (Phi) is 7.03. The summed E-state index contributed by atoms with van der Waals surface area (Å²) >= 11 is 5.88. The van der Waals surface area contributed by atoms with Crippen LogP contribution in [-0.4, -0.2) is 29.5 Å². The zero-order chi connectivity index (χ0) is 21.5. The van der Waals surface area contributed by atoms with Crippen LogP contribution in [0.1, 0.15) is 22.8 Å². The van der Waals surface area contributed by atoms with Gasteiger partial charge in [-0.2, -0.15) is 0 Å². The van der Waals surface area contributed by atoms with Crippen molar-refractivity contribution in [3.63, 3.8) is 0 Å². The fourth-order valence-electron chi connectivity index (χ4n) is 3.03. The molecule has 0 fully saturated rings. The summed E-state index contributed by atoms with van der Waals surface area (Å²) in [5.74, 6) is -1.02. The van der Waals surface area contributed by atoms with Crippen LogP contribution in [0.15, 0.2) is 71.5 Å². The predicted molar refractivity (Wildman–Crippen MR) is 117 cm³/mol. The monoisotopic (exact) mass is 424 g/mol. The maximum absolute atomic E-state index is 12.7. The molecule has 30 heavy (non-hydrogen) atoms. The van der Waals surface area contributed by atoms with E-state index in [0.29, 0.717) is 21.7 Å². The van der Waals surface area contributed by atoms with E-state index in [1.165, 1.54) is 6.07 Å². The molecular weight excluding hydrogens is 404 g/mol. The van der Waals surface area contributed by atoms with Gasteiger partial charge in [-0.1, -0.05) is 42.0 Å². The molecule has 3 rings (SSSR count). The van der Waals surface area contributed by atoms with E-state index in [2.05, 4.69) is 10.3 Å². The number of aromatic nitrogens is 1. The number of carbonyl (C=O) groups excluding carboxylic acids is 2. The number of esters is 1. The first-order chi connectivity index (χ1) is 14.5. The summed E-state index contributed by atoms with van der Waals surface area (Å²) in [5.41, 5.74) is 1.37. The highest BCUT2D eigenvalue weighted by Crippen LogP contribution is 2.17. The van der Waals surface area contributed by atoms with Crippen LogP contribution >= 0.6 is 11.6 Å². The van der Waals surface area contributed by atoms with Gasteiger partial charge < -0.3 is 15.0 Å². The summed E-state index contributed by atoms with van der Waals surface area (Å²) in [6, 6.07) is 14.1. The summed E-state index contributed by atoms with van der Waals surface area (Å²) in [6.45, 7) is 1.91. The van der Waals surface area contributed by atoms with Crippen molar-refractivity contribution in [3.05, 3.63) is 93.3 Å². The Morgan fingerprint density at radius 2 is 1.90 bits per heavy atom. The number of pyridine rings is 1. The van der Waals surface area contributed by atoms with Crippen LogP contribution in [0.5, 0.6) is 0 Å². The molecule has 0 aliphatic heterocycles. The quantitative estimate of drug-likeness (QED) is 0.447. The van der Waals surface area contributed by atoms with Crippen molar-refractivity contribution in [1.82, 2.24) is 10.3 Å². The number of hydrogen-bond donors (Lipinski definition) is 2. The van der Waals surface area contributed by atoms with E-state index in [-0.39, 0.29) is 18.6 Å². The molecule has 0 radical (unpaired) electrons. The van der Waals surface area contributed by atoms with Gasteiger partial charge in [0.15, 0.2) is 0 Å².